The highest BCUT2D eigenvalue weighted by atomic mass is 32.1. The molecule has 2 aromatic carbocycles. The first-order valence-electron chi connectivity index (χ1n) is 9.40. The molecule has 1 amide bonds. The normalized spacial score (nSPS) is 11.4. The largest absolute Gasteiger partial charge is 0.342 e. The Balaban J connectivity index is 1.69. The first-order valence-corrected chi connectivity index (χ1v) is 10.2. The number of hydrogen-bond donors (Lipinski definition) is 1. The fraction of sp³-hybridized carbons (Fsp3) is 0.130. The molecule has 6 nitrogen and oxygen atoms in total. The Morgan fingerprint density at radius 1 is 1.20 bits per heavy atom. The lowest BCUT2D eigenvalue weighted by Gasteiger charge is -2.06. The summed E-state index contributed by atoms with van der Waals surface area (Å²) in [6.45, 7) is 4.58. The molecule has 0 atom stereocenters. The van der Waals surface area contributed by atoms with E-state index in [9.17, 15) is 10.1 Å². The first kappa shape index (κ1) is 19.6. The number of aryl methyl sites for hydroxylation is 2. The third-order valence-corrected chi connectivity index (χ3v) is 5.42. The predicted molar refractivity (Wildman–Crippen MR) is 119 cm³/mol. The standard InChI is InChI=1S/C23H19N5OS/c1-15-6-5-7-17(10-15)13-28-14-19(20-8-3-4-9-21(20)28)11-18(12-24)22(29)25-23-27-26-16(2)30-23/h3-11,14H,13H2,1-2H3,(H,25,27,29)/b18-11-. The van der Waals surface area contributed by atoms with Gasteiger partial charge in [0.1, 0.15) is 16.6 Å². The van der Waals surface area contributed by atoms with Gasteiger partial charge in [-0.25, -0.2) is 0 Å². The summed E-state index contributed by atoms with van der Waals surface area (Å²) in [6.07, 6.45) is 3.60. The third-order valence-electron chi connectivity index (χ3n) is 4.67. The second-order valence-electron chi connectivity index (χ2n) is 6.97. The Kier molecular flexibility index (Phi) is 5.42. The van der Waals surface area contributed by atoms with E-state index in [-0.39, 0.29) is 5.57 Å². The summed E-state index contributed by atoms with van der Waals surface area (Å²) in [5.74, 6) is -0.496. The summed E-state index contributed by atoms with van der Waals surface area (Å²) >= 11 is 1.26. The fourth-order valence-corrected chi connectivity index (χ4v) is 3.93. The van der Waals surface area contributed by atoms with Gasteiger partial charge in [-0.1, -0.05) is 59.4 Å². The van der Waals surface area contributed by atoms with E-state index in [0.29, 0.717) is 11.7 Å². The Bertz CT molecular complexity index is 1310. The number of hydrogen-bond acceptors (Lipinski definition) is 5. The van der Waals surface area contributed by atoms with Crippen LogP contribution in [0.4, 0.5) is 5.13 Å². The number of aromatic nitrogens is 3. The van der Waals surface area contributed by atoms with Gasteiger partial charge in [0.2, 0.25) is 5.13 Å². The van der Waals surface area contributed by atoms with E-state index in [4.69, 9.17) is 0 Å². The number of fused-ring (bicyclic) bond motifs is 1. The zero-order valence-electron chi connectivity index (χ0n) is 16.6. The van der Waals surface area contributed by atoms with Crippen LogP contribution < -0.4 is 5.32 Å². The third kappa shape index (κ3) is 4.14. The number of anilines is 1. The van der Waals surface area contributed by atoms with Crippen LogP contribution in [0.3, 0.4) is 0 Å². The van der Waals surface area contributed by atoms with Gasteiger partial charge in [0, 0.05) is 29.2 Å². The minimum atomic E-state index is -0.496. The molecule has 2 heterocycles. The van der Waals surface area contributed by atoms with E-state index in [1.165, 1.54) is 22.5 Å². The average molecular weight is 414 g/mol. The highest BCUT2D eigenvalue weighted by molar-refractivity contribution is 7.15. The number of para-hydroxylation sites is 1. The first-order chi connectivity index (χ1) is 14.5. The summed E-state index contributed by atoms with van der Waals surface area (Å²) in [5.41, 5.74) is 4.28. The average Bonchev–Trinajstić information content (AvgIpc) is 3.29. The van der Waals surface area contributed by atoms with Crippen LogP contribution in [0.1, 0.15) is 21.7 Å². The van der Waals surface area contributed by atoms with Crippen LogP contribution >= 0.6 is 11.3 Å². The second-order valence-corrected chi connectivity index (χ2v) is 8.15. The number of rotatable bonds is 5. The fourth-order valence-electron chi connectivity index (χ4n) is 3.34. The molecule has 30 heavy (non-hydrogen) atoms. The minimum Gasteiger partial charge on any atom is -0.342 e. The van der Waals surface area contributed by atoms with Crippen LogP contribution in [0.25, 0.3) is 17.0 Å². The van der Waals surface area contributed by atoms with Crippen LogP contribution in [0.2, 0.25) is 0 Å². The van der Waals surface area contributed by atoms with Gasteiger partial charge >= 0.3 is 0 Å². The predicted octanol–water partition coefficient (Wildman–Crippen LogP) is 4.70. The maximum Gasteiger partial charge on any atom is 0.268 e. The molecule has 0 aliphatic rings. The number of amides is 1. The molecule has 0 radical (unpaired) electrons. The van der Waals surface area contributed by atoms with Gasteiger partial charge in [-0.3, -0.25) is 10.1 Å². The van der Waals surface area contributed by atoms with Gasteiger partial charge in [0.25, 0.3) is 5.91 Å². The molecule has 7 heteroatoms. The van der Waals surface area contributed by atoms with Gasteiger partial charge in [0.15, 0.2) is 0 Å². The summed E-state index contributed by atoms with van der Waals surface area (Å²) in [7, 11) is 0. The molecule has 4 aromatic rings. The van der Waals surface area contributed by atoms with Crippen LogP contribution in [-0.4, -0.2) is 20.7 Å². The van der Waals surface area contributed by atoms with Crippen LogP contribution in [0, 0.1) is 25.2 Å². The van der Waals surface area contributed by atoms with Crippen molar-refractivity contribution in [1.29, 1.82) is 5.26 Å². The zero-order valence-corrected chi connectivity index (χ0v) is 17.4. The molecule has 0 unspecified atom stereocenters. The molecule has 0 fully saturated rings. The Morgan fingerprint density at radius 3 is 2.77 bits per heavy atom. The molecule has 4 rings (SSSR count). The summed E-state index contributed by atoms with van der Waals surface area (Å²) in [6, 6.07) is 18.3. The Morgan fingerprint density at radius 2 is 2.03 bits per heavy atom. The van der Waals surface area contributed by atoms with Crippen molar-refractivity contribution in [3.05, 3.63) is 82.0 Å². The lowest BCUT2D eigenvalue weighted by Crippen LogP contribution is -2.13. The van der Waals surface area contributed by atoms with Gasteiger partial charge in [0.05, 0.1) is 0 Å². The molecule has 0 saturated carbocycles. The Hall–Kier alpha value is -3.76. The maximum absolute atomic E-state index is 12.6. The number of nitrogens with zero attached hydrogens (tertiary/aromatic N) is 4. The molecule has 148 valence electrons. The summed E-state index contributed by atoms with van der Waals surface area (Å²) < 4.78 is 2.14. The van der Waals surface area contributed by atoms with Gasteiger partial charge < -0.3 is 4.57 Å². The highest BCUT2D eigenvalue weighted by Gasteiger charge is 2.14. The molecule has 2 aromatic heterocycles. The van der Waals surface area contributed by atoms with Gasteiger partial charge in [-0.05, 0) is 31.6 Å². The zero-order chi connectivity index (χ0) is 21.1. The van der Waals surface area contributed by atoms with E-state index in [1.807, 2.05) is 42.6 Å². The Labute approximate surface area is 178 Å². The topological polar surface area (TPSA) is 83.6 Å². The van der Waals surface area contributed by atoms with E-state index in [2.05, 4.69) is 45.2 Å². The SMILES string of the molecule is Cc1cccc(Cn2cc(/C=C(/C#N)C(=O)Nc3nnc(C)s3)c3ccccc32)c1. The van der Waals surface area contributed by atoms with Gasteiger partial charge in [-0.2, -0.15) is 5.26 Å². The van der Waals surface area contributed by atoms with Crippen molar-refractivity contribution >= 4 is 39.4 Å². The van der Waals surface area contributed by atoms with E-state index in [1.54, 1.807) is 13.0 Å². The van der Waals surface area contributed by atoms with E-state index >= 15 is 0 Å². The molecular weight excluding hydrogens is 394 g/mol. The molecule has 0 spiro atoms. The van der Waals surface area contributed by atoms with Crippen LogP contribution in [0.15, 0.2) is 60.3 Å². The van der Waals surface area contributed by atoms with Crippen molar-refractivity contribution in [1.82, 2.24) is 14.8 Å². The van der Waals surface area contributed by atoms with Crippen molar-refractivity contribution in [3.8, 4) is 6.07 Å². The molecule has 0 aliphatic heterocycles. The number of benzene rings is 2. The van der Waals surface area contributed by atoms with Gasteiger partial charge in [-0.15, -0.1) is 10.2 Å². The summed E-state index contributed by atoms with van der Waals surface area (Å²) in [4.78, 5) is 12.6. The number of nitrogens with one attached hydrogen (secondary N) is 1. The van der Waals surface area contributed by atoms with Crippen LogP contribution in [-0.2, 0) is 11.3 Å². The number of carbonyl (C=O) groups excluding carboxylic acids is 1. The van der Waals surface area contributed by atoms with Crippen molar-refractivity contribution in [2.75, 3.05) is 5.32 Å². The molecule has 0 saturated heterocycles. The lowest BCUT2D eigenvalue weighted by molar-refractivity contribution is -0.112. The molecule has 1 N–H and O–H groups in total. The van der Waals surface area contributed by atoms with Crippen molar-refractivity contribution in [2.24, 2.45) is 0 Å². The lowest BCUT2D eigenvalue weighted by atomic mass is 10.1. The molecule has 0 bridgehead atoms. The second kappa shape index (κ2) is 8.31. The van der Waals surface area contributed by atoms with Crippen molar-refractivity contribution < 1.29 is 4.79 Å². The maximum atomic E-state index is 12.6. The molecule has 0 aliphatic carbocycles. The number of carbonyl (C=O) groups is 1. The monoisotopic (exact) mass is 413 g/mol. The van der Waals surface area contributed by atoms with E-state index < -0.39 is 5.91 Å². The minimum absolute atomic E-state index is 0.0151. The van der Waals surface area contributed by atoms with Crippen LogP contribution in [0.5, 0.6) is 0 Å². The van der Waals surface area contributed by atoms with E-state index in [0.717, 1.165) is 21.5 Å². The quantitative estimate of drug-likeness (QED) is 0.380. The smallest absolute Gasteiger partial charge is 0.268 e. The van der Waals surface area contributed by atoms with Crippen molar-refractivity contribution in [2.45, 2.75) is 20.4 Å². The highest BCUT2D eigenvalue weighted by Crippen LogP contribution is 2.25. The number of nitriles is 1. The van der Waals surface area contributed by atoms with Crippen molar-refractivity contribution in [3.63, 3.8) is 0 Å². The summed E-state index contributed by atoms with van der Waals surface area (Å²) in [5, 5.41) is 22.1. The molecular formula is C23H19N5OS.